The van der Waals surface area contributed by atoms with Crippen LogP contribution in [0.25, 0.3) is 0 Å². The van der Waals surface area contributed by atoms with Crippen molar-refractivity contribution in [2.24, 2.45) is 0 Å². The summed E-state index contributed by atoms with van der Waals surface area (Å²) in [6, 6.07) is 1.39. The molecule has 0 aromatic carbocycles. The Morgan fingerprint density at radius 1 is 1.27 bits per heavy atom. The molecule has 1 saturated heterocycles. The van der Waals surface area contributed by atoms with E-state index < -0.39 is 0 Å². The Hall–Kier alpha value is -1.58. The molecule has 2 rings (SSSR count). The van der Waals surface area contributed by atoms with Gasteiger partial charge in [0.1, 0.15) is 5.56 Å². The number of aromatic amines is 1. The van der Waals surface area contributed by atoms with Crippen molar-refractivity contribution in [1.82, 2.24) is 9.88 Å². The summed E-state index contributed by atoms with van der Waals surface area (Å²) in [5.74, 6) is -0.142. The van der Waals surface area contributed by atoms with Gasteiger partial charge in [0.2, 0.25) is 0 Å². The fourth-order valence-corrected chi connectivity index (χ4v) is 1.85. The summed E-state index contributed by atoms with van der Waals surface area (Å²) in [5, 5.41) is 0. The van der Waals surface area contributed by atoms with Gasteiger partial charge in [-0.25, -0.2) is 0 Å². The maximum atomic E-state index is 11.9. The van der Waals surface area contributed by atoms with Gasteiger partial charge in [0, 0.05) is 31.5 Å². The van der Waals surface area contributed by atoms with Crippen LogP contribution >= 0.6 is 0 Å². The van der Waals surface area contributed by atoms with E-state index in [4.69, 9.17) is 0 Å². The van der Waals surface area contributed by atoms with Gasteiger partial charge in [0.05, 0.1) is 0 Å². The summed E-state index contributed by atoms with van der Waals surface area (Å²) in [5.41, 5.74) is 0.0451. The largest absolute Gasteiger partial charge is 0.367 e. The minimum atomic E-state index is -0.204. The first-order valence-electron chi connectivity index (χ1n) is 5.25. The highest BCUT2D eigenvalue weighted by Gasteiger charge is 2.19. The third-order valence-corrected chi connectivity index (χ3v) is 2.70. The number of carbonyl (C=O) groups excluding carboxylic acids is 1. The molecule has 0 spiro atoms. The first-order chi connectivity index (χ1) is 7.29. The lowest BCUT2D eigenvalue weighted by atomic mass is 10.1. The molecule has 1 aliphatic heterocycles. The van der Waals surface area contributed by atoms with E-state index in [-0.39, 0.29) is 16.9 Å². The predicted octanol–water partition coefficient (Wildman–Crippen LogP) is 1.00. The maximum absolute atomic E-state index is 11.9. The molecular formula is C11H14N2O2. The van der Waals surface area contributed by atoms with Crippen molar-refractivity contribution in [3.8, 4) is 0 Å². The lowest BCUT2D eigenvalue weighted by Gasteiger charge is -2.26. The number of amides is 1. The Morgan fingerprint density at radius 3 is 2.67 bits per heavy atom. The van der Waals surface area contributed by atoms with Gasteiger partial charge in [-0.2, -0.15) is 0 Å². The Morgan fingerprint density at radius 2 is 2.00 bits per heavy atom. The lowest BCUT2D eigenvalue weighted by Crippen LogP contribution is -2.37. The molecule has 1 aromatic rings. The van der Waals surface area contributed by atoms with Crippen molar-refractivity contribution in [3.05, 3.63) is 34.2 Å². The van der Waals surface area contributed by atoms with Crippen LogP contribution < -0.4 is 5.43 Å². The van der Waals surface area contributed by atoms with Crippen LogP contribution in [0, 0.1) is 0 Å². The van der Waals surface area contributed by atoms with Gasteiger partial charge in [-0.1, -0.05) is 0 Å². The van der Waals surface area contributed by atoms with Crippen LogP contribution in [0.15, 0.2) is 23.3 Å². The van der Waals surface area contributed by atoms with E-state index in [1.807, 2.05) is 0 Å². The Kier molecular flexibility index (Phi) is 2.85. The second-order valence-electron chi connectivity index (χ2n) is 3.78. The second kappa shape index (κ2) is 4.29. The van der Waals surface area contributed by atoms with Gasteiger partial charge in [-0.3, -0.25) is 9.59 Å². The predicted molar refractivity (Wildman–Crippen MR) is 56.8 cm³/mol. The summed E-state index contributed by atoms with van der Waals surface area (Å²) < 4.78 is 0. The van der Waals surface area contributed by atoms with E-state index in [9.17, 15) is 9.59 Å². The highest BCUT2D eigenvalue weighted by Crippen LogP contribution is 2.10. The molecule has 1 fully saturated rings. The standard InChI is InChI=1S/C11H14N2O2/c14-10-4-5-12-8-9(10)11(15)13-6-2-1-3-7-13/h4-5,8H,1-3,6-7H2,(H,12,14). The molecule has 1 N–H and O–H groups in total. The smallest absolute Gasteiger partial charge is 0.259 e. The summed E-state index contributed by atoms with van der Waals surface area (Å²) in [4.78, 5) is 27.9. The van der Waals surface area contributed by atoms with Gasteiger partial charge >= 0.3 is 0 Å². The minimum Gasteiger partial charge on any atom is -0.367 e. The molecule has 0 atom stereocenters. The molecule has 1 amide bonds. The summed E-state index contributed by atoms with van der Waals surface area (Å²) in [6.45, 7) is 1.54. The molecule has 4 nitrogen and oxygen atoms in total. The molecule has 0 saturated carbocycles. The van der Waals surface area contributed by atoms with Gasteiger partial charge < -0.3 is 9.88 Å². The van der Waals surface area contributed by atoms with Crippen molar-refractivity contribution in [2.75, 3.05) is 13.1 Å². The van der Waals surface area contributed by atoms with Crippen LogP contribution in [0.2, 0.25) is 0 Å². The van der Waals surface area contributed by atoms with Crippen LogP contribution in [0.5, 0.6) is 0 Å². The summed E-state index contributed by atoms with van der Waals surface area (Å²) in [7, 11) is 0. The Bertz CT molecular complexity index is 405. The van der Waals surface area contributed by atoms with Crippen LogP contribution in [0.1, 0.15) is 29.6 Å². The molecule has 15 heavy (non-hydrogen) atoms. The number of likely N-dealkylation sites (tertiary alicyclic amines) is 1. The molecule has 1 aromatic heterocycles. The van der Waals surface area contributed by atoms with Crippen molar-refractivity contribution in [2.45, 2.75) is 19.3 Å². The molecule has 1 aliphatic rings. The van der Waals surface area contributed by atoms with Gasteiger partial charge in [-0.15, -0.1) is 0 Å². The van der Waals surface area contributed by atoms with E-state index in [2.05, 4.69) is 4.98 Å². The number of pyridine rings is 1. The zero-order chi connectivity index (χ0) is 10.7. The quantitative estimate of drug-likeness (QED) is 0.745. The molecule has 0 unspecified atom stereocenters. The lowest BCUT2D eigenvalue weighted by molar-refractivity contribution is 0.0722. The number of aromatic nitrogens is 1. The van der Waals surface area contributed by atoms with E-state index in [0.29, 0.717) is 0 Å². The van der Waals surface area contributed by atoms with Crippen molar-refractivity contribution in [1.29, 1.82) is 0 Å². The maximum Gasteiger partial charge on any atom is 0.259 e. The molecular weight excluding hydrogens is 192 g/mol. The SMILES string of the molecule is O=C(c1c[nH]ccc1=O)N1CCCCC1. The van der Waals surface area contributed by atoms with Gasteiger partial charge in [-0.05, 0) is 19.3 Å². The number of hydrogen-bond donors (Lipinski definition) is 1. The van der Waals surface area contributed by atoms with Crippen molar-refractivity contribution < 1.29 is 4.79 Å². The highest BCUT2D eigenvalue weighted by atomic mass is 16.2. The molecule has 80 valence electrons. The van der Waals surface area contributed by atoms with Gasteiger partial charge in [0.25, 0.3) is 5.91 Å². The first kappa shape index (κ1) is 9.96. The highest BCUT2D eigenvalue weighted by molar-refractivity contribution is 5.93. The number of H-pyrrole nitrogens is 1. The number of rotatable bonds is 1. The van der Waals surface area contributed by atoms with E-state index in [0.717, 1.165) is 25.9 Å². The number of nitrogens with one attached hydrogen (secondary N) is 1. The molecule has 0 bridgehead atoms. The zero-order valence-electron chi connectivity index (χ0n) is 8.53. The van der Waals surface area contributed by atoms with E-state index in [1.54, 1.807) is 4.90 Å². The molecule has 4 heteroatoms. The van der Waals surface area contributed by atoms with Crippen molar-refractivity contribution in [3.63, 3.8) is 0 Å². The second-order valence-corrected chi connectivity index (χ2v) is 3.78. The molecule has 0 radical (unpaired) electrons. The average molecular weight is 206 g/mol. The summed E-state index contributed by atoms with van der Waals surface area (Å²) in [6.07, 6.45) is 6.27. The van der Waals surface area contributed by atoms with E-state index >= 15 is 0 Å². The van der Waals surface area contributed by atoms with Crippen molar-refractivity contribution >= 4 is 5.91 Å². The number of piperidine rings is 1. The Labute approximate surface area is 87.9 Å². The monoisotopic (exact) mass is 206 g/mol. The third-order valence-electron chi connectivity index (χ3n) is 2.70. The van der Waals surface area contributed by atoms with E-state index in [1.165, 1.54) is 24.9 Å². The normalized spacial score (nSPS) is 16.4. The molecule has 0 aliphatic carbocycles. The van der Waals surface area contributed by atoms with Crippen LogP contribution in [-0.2, 0) is 0 Å². The average Bonchev–Trinajstić information content (AvgIpc) is 2.30. The topological polar surface area (TPSA) is 53.2 Å². The van der Waals surface area contributed by atoms with Crippen LogP contribution in [-0.4, -0.2) is 28.9 Å². The fourth-order valence-electron chi connectivity index (χ4n) is 1.85. The van der Waals surface area contributed by atoms with Gasteiger partial charge in [0.15, 0.2) is 5.43 Å². The molecule has 2 heterocycles. The first-order valence-corrected chi connectivity index (χ1v) is 5.25. The summed E-state index contributed by atoms with van der Waals surface area (Å²) >= 11 is 0. The van der Waals surface area contributed by atoms with Crippen LogP contribution in [0.3, 0.4) is 0 Å². The Balaban J connectivity index is 2.20. The minimum absolute atomic E-state index is 0.142. The fraction of sp³-hybridized carbons (Fsp3) is 0.455. The number of carbonyl (C=O) groups is 1. The van der Waals surface area contributed by atoms with Crippen LogP contribution in [0.4, 0.5) is 0 Å². The number of hydrogen-bond acceptors (Lipinski definition) is 2. The number of nitrogens with zero attached hydrogens (tertiary/aromatic N) is 1. The third kappa shape index (κ3) is 2.09. The zero-order valence-corrected chi connectivity index (χ0v) is 8.53.